The molecule has 184 valence electrons. The SMILES string of the molecule is CC(C)CC(=O)N1CCc2ccc(O[C@H](C)C(=O)NCc3ccco3)cc2[C@@H]1c1ccc(F)cc1. The summed E-state index contributed by atoms with van der Waals surface area (Å²) in [5.74, 6) is 0.909. The summed E-state index contributed by atoms with van der Waals surface area (Å²) in [6.07, 6.45) is 1.99. The molecule has 7 heteroatoms. The minimum absolute atomic E-state index is 0.0666. The van der Waals surface area contributed by atoms with Crippen LogP contribution in [0.5, 0.6) is 5.75 Å². The number of ether oxygens (including phenoxy) is 1. The van der Waals surface area contributed by atoms with Crippen molar-refractivity contribution >= 4 is 11.8 Å². The van der Waals surface area contributed by atoms with Crippen LogP contribution in [-0.4, -0.2) is 29.4 Å². The van der Waals surface area contributed by atoms with Crippen LogP contribution in [0.15, 0.2) is 65.3 Å². The Morgan fingerprint density at radius 3 is 2.60 bits per heavy atom. The Bertz CT molecular complexity index is 1160. The summed E-state index contributed by atoms with van der Waals surface area (Å²) >= 11 is 0. The van der Waals surface area contributed by atoms with Gasteiger partial charge in [-0.25, -0.2) is 4.39 Å². The van der Waals surface area contributed by atoms with Gasteiger partial charge in [0, 0.05) is 13.0 Å². The largest absolute Gasteiger partial charge is 0.481 e. The molecule has 6 nitrogen and oxygen atoms in total. The van der Waals surface area contributed by atoms with Crippen LogP contribution in [0, 0.1) is 11.7 Å². The fourth-order valence-corrected chi connectivity index (χ4v) is 4.39. The highest BCUT2D eigenvalue weighted by Gasteiger charge is 2.32. The lowest BCUT2D eigenvalue weighted by Gasteiger charge is -2.38. The number of hydrogen-bond donors (Lipinski definition) is 1. The molecule has 0 saturated carbocycles. The molecule has 1 aliphatic heterocycles. The molecule has 1 aliphatic rings. The fraction of sp³-hybridized carbons (Fsp3) is 0.357. The number of hydrogen-bond acceptors (Lipinski definition) is 4. The van der Waals surface area contributed by atoms with E-state index in [1.807, 2.05) is 36.9 Å². The topological polar surface area (TPSA) is 71.8 Å². The van der Waals surface area contributed by atoms with E-state index in [2.05, 4.69) is 5.32 Å². The number of fused-ring (bicyclic) bond motifs is 1. The van der Waals surface area contributed by atoms with Crippen molar-refractivity contribution in [3.63, 3.8) is 0 Å². The third-order valence-electron chi connectivity index (χ3n) is 6.13. The minimum atomic E-state index is -0.727. The lowest BCUT2D eigenvalue weighted by atomic mass is 9.87. The zero-order chi connectivity index (χ0) is 24.9. The van der Waals surface area contributed by atoms with Crippen molar-refractivity contribution in [1.29, 1.82) is 0 Å². The summed E-state index contributed by atoms with van der Waals surface area (Å²) in [5.41, 5.74) is 2.88. The van der Waals surface area contributed by atoms with Crippen LogP contribution < -0.4 is 10.1 Å². The average Bonchev–Trinajstić information content (AvgIpc) is 3.35. The fourth-order valence-electron chi connectivity index (χ4n) is 4.39. The van der Waals surface area contributed by atoms with Crippen LogP contribution in [0.1, 0.15) is 55.7 Å². The molecule has 0 bridgehead atoms. The Kier molecular flexibility index (Phi) is 7.54. The number of rotatable bonds is 8. The first-order valence-corrected chi connectivity index (χ1v) is 12.0. The van der Waals surface area contributed by atoms with Gasteiger partial charge in [-0.1, -0.05) is 32.0 Å². The number of amides is 2. The van der Waals surface area contributed by atoms with Crippen molar-refractivity contribution in [3.8, 4) is 5.75 Å². The summed E-state index contributed by atoms with van der Waals surface area (Å²) in [6.45, 7) is 6.60. The highest BCUT2D eigenvalue weighted by molar-refractivity contribution is 5.80. The summed E-state index contributed by atoms with van der Waals surface area (Å²) in [6, 6.07) is 15.2. The first-order chi connectivity index (χ1) is 16.8. The number of halogens is 1. The Balaban J connectivity index is 1.57. The van der Waals surface area contributed by atoms with Gasteiger partial charge in [0.05, 0.1) is 18.8 Å². The second kappa shape index (κ2) is 10.8. The van der Waals surface area contributed by atoms with E-state index in [9.17, 15) is 14.0 Å². The van der Waals surface area contributed by atoms with Gasteiger partial charge >= 0.3 is 0 Å². The zero-order valence-corrected chi connectivity index (χ0v) is 20.3. The van der Waals surface area contributed by atoms with Crippen LogP contribution in [0.2, 0.25) is 0 Å². The third kappa shape index (κ3) is 5.91. The van der Waals surface area contributed by atoms with E-state index in [0.29, 0.717) is 24.5 Å². The molecule has 1 aromatic heterocycles. The maximum Gasteiger partial charge on any atom is 0.261 e. The van der Waals surface area contributed by atoms with Gasteiger partial charge in [0.15, 0.2) is 6.10 Å². The summed E-state index contributed by atoms with van der Waals surface area (Å²) < 4.78 is 24.9. The minimum Gasteiger partial charge on any atom is -0.481 e. The summed E-state index contributed by atoms with van der Waals surface area (Å²) in [5, 5.41) is 2.80. The van der Waals surface area contributed by atoms with Crippen molar-refractivity contribution in [2.75, 3.05) is 6.54 Å². The third-order valence-corrected chi connectivity index (χ3v) is 6.13. The van der Waals surface area contributed by atoms with Gasteiger partial charge in [-0.15, -0.1) is 0 Å². The molecule has 0 unspecified atom stereocenters. The first-order valence-electron chi connectivity index (χ1n) is 12.0. The monoisotopic (exact) mass is 478 g/mol. The van der Waals surface area contributed by atoms with Gasteiger partial charge in [-0.2, -0.15) is 0 Å². The van der Waals surface area contributed by atoms with Gasteiger partial charge < -0.3 is 19.4 Å². The number of benzene rings is 2. The Labute approximate surface area is 205 Å². The smallest absolute Gasteiger partial charge is 0.261 e. The molecule has 0 radical (unpaired) electrons. The van der Waals surface area contributed by atoms with Crippen molar-refractivity contribution in [3.05, 3.63) is 89.1 Å². The van der Waals surface area contributed by atoms with E-state index in [1.54, 1.807) is 37.5 Å². The molecule has 1 N–H and O–H groups in total. The summed E-state index contributed by atoms with van der Waals surface area (Å²) in [4.78, 5) is 27.6. The Hall–Kier alpha value is -3.61. The second-order valence-electron chi connectivity index (χ2n) is 9.31. The van der Waals surface area contributed by atoms with Crippen molar-refractivity contribution in [2.45, 2.75) is 52.3 Å². The Morgan fingerprint density at radius 2 is 1.91 bits per heavy atom. The number of carbonyl (C=O) groups is 2. The van der Waals surface area contributed by atoms with E-state index in [0.717, 1.165) is 23.1 Å². The van der Waals surface area contributed by atoms with Crippen molar-refractivity contribution in [1.82, 2.24) is 10.2 Å². The molecule has 35 heavy (non-hydrogen) atoms. The van der Waals surface area contributed by atoms with Crippen LogP contribution in [0.25, 0.3) is 0 Å². The average molecular weight is 479 g/mol. The van der Waals surface area contributed by atoms with Crippen LogP contribution in [0.4, 0.5) is 4.39 Å². The maximum atomic E-state index is 13.7. The molecule has 0 saturated heterocycles. The molecular formula is C28H31FN2O4. The van der Waals surface area contributed by atoms with Gasteiger partial charge in [0.1, 0.15) is 17.3 Å². The molecule has 2 heterocycles. The maximum absolute atomic E-state index is 13.7. The standard InChI is InChI=1S/C28H31FN2O4/c1-18(2)15-26(32)31-13-12-20-8-11-23(16-25(20)27(31)21-6-9-22(29)10-7-21)35-19(3)28(33)30-17-24-5-4-14-34-24/h4-11,14,16,18-19,27H,12-13,15,17H2,1-3H3,(H,30,33)/t19-,27+/m1/s1. The normalized spacial score (nSPS) is 16.0. The van der Waals surface area contributed by atoms with E-state index in [4.69, 9.17) is 9.15 Å². The van der Waals surface area contributed by atoms with E-state index in [1.165, 1.54) is 12.1 Å². The van der Waals surface area contributed by atoms with Crippen molar-refractivity contribution in [2.24, 2.45) is 5.92 Å². The lowest BCUT2D eigenvalue weighted by Crippen LogP contribution is -2.41. The van der Waals surface area contributed by atoms with E-state index < -0.39 is 6.10 Å². The quantitative estimate of drug-likeness (QED) is 0.493. The van der Waals surface area contributed by atoms with Gasteiger partial charge in [-0.3, -0.25) is 9.59 Å². The number of nitrogens with one attached hydrogen (secondary N) is 1. The first kappa shape index (κ1) is 24.5. The van der Waals surface area contributed by atoms with Gasteiger partial charge in [0.25, 0.3) is 5.91 Å². The lowest BCUT2D eigenvalue weighted by molar-refractivity contribution is -0.134. The molecule has 3 aromatic rings. The van der Waals surface area contributed by atoms with Gasteiger partial charge in [-0.05, 0) is 72.4 Å². The van der Waals surface area contributed by atoms with E-state index >= 15 is 0 Å². The molecule has 0 fully saturated rings. The molecular weight excluding hydrogens is 447 g/mol. The number of furan rings is 1. The molecule has 2 aromatic carbocycles. The van der Waals surface area contributed by atoms with Crippen molar-refractivity contribution < 1.29 is 23.1 Å². The second-order valence-corrected chi connectivity index (χ2v) is 9.31. The molecule has 4 rings (SSSR count). The molecule has 2 atom stereocenters. The predicted octanol–water partition coefficient (Wildman–Crippen LogP) is 5.02. The predicted molar refractivity (Wildman–Crippen MR) is 130 cm³/mol. The summed E-state index contributed by atoms with van der Waals surface area (Å²) in [7, 11) is 0. The van der Waals surface area contributed by atoms with Crippen LogP contribution in [0.3, 0.4) is 0 Å². The van der Waals surface area contributed by atoms with Gasteiger partial charge in [0.2, 0.25) is 5.91 Å². The number of nitrogens with zero attached hydrogens (tertiary/aromatic N) is 1. The number of carbonyl (C=O) groups excluding carboxylic acids is 2. The highest BCUT2D eigenvalue weighted by atomic mass is 19.1. The zero-order valence-electron chi connectivity index (χ0n) is 20.3. The molecule has 0 aliphatic carbocycles. The van der Waals surface area contributed by atoms with Crippen LogP contribution in [-0.2, 0) is 22.6 Å². The Morgan fingerprint density at radius 1 is 1.14 bits per heavy atom. The highest BCUT2D eigenvalue weighted by Crippen LogP contribution is 2.38. The molecule has 2 amide bonds. The molecule has 0 spiro atoms. The van der Waals surface area contributed by atoms with Crippen LogP contribution >= 0.6 is 0 Å². The van der Waals surface area contributed by atoms with E-state index in [-0.39, 0.29) is 36.1 Å².